The Hall–Kier alpha value is -1.60. The van der Waals surface area contributed by atoms with Gasteiger partial charge in [0.1, 0.15) is 0 Å². The first-order chi connectivity index (χ1) is 9.55. The van der Waals surface area contributed by atoms with Crippen LogP contribution < -0.4 is 0 Å². The van der Waals surface area contributed by atoms with Crippen molar-refractivity contribution in [1.82, 2.24) is 0 Å². The Bertz CT molecular complexity index is 639. The molecule has 0 radical (unpaired) electrons. The number of allylic oxidation sites excluding steroid dienone is 1. The lowest BCUT2D eigenvalue weighted by atomic mass is 10.1. The second kappa shape index (κ2) is 6.23. The summed E-state index contributed by atoms with van der Waals surface area (Å²) in [5.41, 5.74) is 1.83. The van der Waals surface area contributed by atoms with E-state index in [0.717, 1.165) is 49.7 Å². The van der Waals surface area contributed by atoms with Crippen LogP contribution in [0.25, 0.3) is 4.85 Å². The molecular weight excluding hydrogens is 270 g/mol. The van der Waals surface area contributed by atoms with Crippen molar-refractivity contribution >= 4 is 9.84 Å². The van der Waals surface area contributed by atoms with Crippen molar-refractivity contribution < 1.29 is 8.42 Å². The highest BCUT2D eigenvalue weighted by Gasteiger charge is 2.25. The van der Waals surface area contributed by atoms with Gasteiger partial charge in [-0.05, 0) is 31.9 Å². The van der Waals surface area contributed by atoms with E-state index in [0.29, 0.717) is 0 Å². The maximum atomic E-state index is 12.6. The Morgan fingerprint density at radius 3 is 2.10 bits per heavy atom. The molecule has 1 saturated carbocycles. The second-order valence-electron chi connectivity index (χ2n) is 5.25. The van der Waals surface area contributed by atoms with Crippen molar-refractivity contribution in [2.45, 2.75) is 50.3 Å². The summed E-state index contributed by atoms with van der Waals surface area (Å²) in [6, 6.07) is 6.72. The SMILES string of the molecule is [C-]#[N+]C(=C1CCCCCC1)S(=O)(=O)c1ccc(C)cc1. The monoisotopic (exact) mass is 289 g/mol. The predicted octanol–water partition coefficient (Wildman–Crippen LogP) is 4.25. The maximum Gasteiger partial charge on any atom is 0.282 e. The third-order valence-electron chi connectivity index (χ3n) is 3.70. The Labute approximate surface area is 121 Å². The molecule has 0 atom stereocenters. The van der Waals surface area contributed by atoms with Gasteiger partial charge in [-0.2, -0.15) is 0 Å². The highest BCUT2D eigenvalue weighted by molar-refractivity contribution is 7.95. The van der Waals surface area contributed by atoms with Gasteiger partial charge >= 0.3 is 0 Å². The van der Waals surface area contributed by atoms with Crippen LogP contribution in [0.3, 0.4) is 0 Å². The van der Waals surface area contributed by atoms with E-state index in [1.807, 2.05) is 6.92 Å². The van der Waals surface area contributed by atoms with Crippen molar-refractivity contribution in [3.8, 4) is 0 Å². The van der Waals surface area contributed by atoms with Crippen molar-refractivity contribution in [2.24, 2.45) is 0 Å². The first-order valence-electron chi connectivity index (χ1n) is 6.97. The van der Waals surface area contributed by atoms with Gasteiger partial charge in [0, 0.05) is 0 Å². The molecule has 1 aliphatic rings. The van der Waals surface area contributed by atoms with E-state index in [2.05, 4.69) is 4.85 Å². The Morgan fingerprint density at radius 2 is 1.60 bits per heavy atom. The van der Waals surface area contributed by atoms with Crippen LogP contribution in [-0.4, -0.2) is 8.42 Å². The summed E-state index contributed by atoms with van der Waals surface area (Å²) in [5.74, 6) is 0. The van der Waals surface area contributed by atoms with Gasteiger partial charge in [0.05, 0.1) is 11.5 Å². The molecule has 3 nitrogen and oxygen atoms in total. The topological polar surface area (TPSA) is 38.5 Å². The first kappa shape index (κ1) is 14.8. The summed E-state index contributed by atoms with van der Waals surface area (Å²) in [5, 5.41) is -0.0387. The van der Waals surface area contributed by atoms with Crippen molar-refractivity contribution in [1.29, 1.82) is 0 Å². The maximum absolute atomic E-state index is 12.6. The van der Waals surface area contributed by atoms with E-state index in [9.17, 15) is 8.42 Å². The van der Waals surface area contributed by atoms with Crippen molar-refractivity contribution in [3.05, 3.63) is 51.8 Å². The van der Waals surface area contributed by atoms with Gasteiger partial charge in [0.15, 0.2) is 0 Å². The third-order valence-corrected chi connectivity index (χ3v) is 5.48. The minimum Gasteiger partial charge on any atom is -0.230 e. The van der Waals surface area contributed by atoms with Gasteiger partial charge in [-0.25, -0.2) is 13.3 Å². The molecule has 0 N–H and O–H groups in total. The number of sulfone groups is 1. The van der Waals surface area contributed by atoms with Gasteiger partial charge in [-0.15, -0.1) is 0 Å². The number of benzene rings is 1. The summed E-state index contributed by atoms with van der Waals surface area (Å²) in [7, 11) is -3.66. The lowest BCUT2D eigenvalue weighted by Crippen LogP contribution is -2.05. The van der Waals surface area contributed by atoms with Gasteiger partial charge in [-0.3, -0.25) is 0 Å². The molecule has 4 heteroatoms. The summed E-state index contributed by atoms with van der Waals surface area (Å²) < 4.78 is 25.2. The molecule has 0 aromatic heterocycles. The molecule has 20 heavy (non-hydrogen) atoms. The van der Waals surface area contributed by atoms with Crippen LogP contribution in [0, 0.1) is 13.5 Å². The summed E-state index contributed by atoms with van der Waals surface area (Å²) in [6.07, 6.45) is 5.69. The van der Waals surface area contributed by atoms with Crippen LogP contribution in [0.4, 0.5) is 0 Å². The normalized spacial score (nSPS) is 16.3. The number of nitrogens with zero attached hydrogens (tertiary/aromatic N) is 1. The average molecular weight is 289 g/mol. The number of hydrogen-bond acceptors (Lipinski definition) is 2. The number of rotatable bonds is 2. The molecular formula is C16H19NO2S. The highest BCUT2D eigenvalue weighted by Crippen LogP contribution is 2.31. The van der Waals surface area contributed by atoms with E-state index < -0.39 is 9.84 Å². The van der Waals surface area contributed by atoms with E-state index in [1.165, 1.54) is 0 Å². The molecule has 0 spiro atoms. The third kappa shape index (κ3) is 3.10. The molecule has 0 bridgehead atoms. The number of aryl methyl sites for hydroxylation is 1. The van der Waals surface area contributed by atoms with E-state index in [-0.39, 0.29) is 9.92 Å². The molecule has 106 valence electrons. The zero-order chi connectivity index (χ0) is 14.6. The molecule has 0 heterocycles. The van der Waals surface area contributed by atoms with Crippen LogP contribution in [0.2, 0.25) is 0 Å². The fraction of sp³-hybridized carbons (Fsp3) is 0.438. The quantitative estimate of drug-likeness (QED) is 0.603. The van der Waals surface area contributed by atoms with Gasteiger partial charge in [0.25, 0.3) is 5.03 Å². The van der Waals surface area contributed by atoms with Crippen LogP contribution in [0.15, 0.2) is 39.8 Å². The Morgan fingerprint density at radius 1 is 1.05 bits per heavy atom. The fourth-order valence-electron chi connectivity index (χ4n) is 2.53. The molecule has 0 unspecified atom stereocenters. The standard InChI is InChI=1S/C16H19NO2S/c1-13-9-11-15(12-10-13)20(18,19)16(17-2)14-7-5-3-4-6-8-14/h9-12H,3-8H2,1H3. The minimum absolute atomic E-state index is 0.0387. The second-order valence-corrected chi connectivity index (χ2v) is 7.12. The van der Waals surface area contributed by atoms with Crippen LogP contribution >= 0.6 is 0 Å². The molecule has 0 amide bonds. The fourth-order valence-corrected chi connectivity index (χ4v) is 3.95. The van der Waals surface area contributed by atoms with Gasteiger partial charge in [-0.1, -0.05) is 49.0 Å². The zero-order valence-electron chi connectivity index (χ0n) is 11.7. The summed E-state index contributed by atoms with van der Waals surface area (Å²) >= 11 is 0. The lowest BCUT2D eigenvalue weighted by Gasteiger charge is -2.09. The van der Waals surface area contributed by atoms with E-state index >= 15 is 0 Å². The van der Waals surface area contributed by atoms with E-state index in [4.69, 9.17) is 6.57 Å². The highest BCUT2D eigenvalue weighted by atomic mass is 32.2. The zero-order valence-corrected chi connectivity index (χ0v) is 12.5. The molecule has 1 aromatic carbocycles. The van der Waals surface area contributed by atoms with Gasteiger partial charge < -0.3 is 0 Å². The lowest BCUT2D eigenvalue weighted by molar-refractivity contribution is 0.602. The Balaban J connectivity index is 2.47. The summed E-state index contributed by atoms with van der Waals surface area (Å²) in [6.45, 7) is 9.22. The molecule has 1 fully saturated rings. The molecule has 2 rings (SSSR count). The van der Waals surface area contributed by atoms with E-state index in [1.54, 1.807) is 24.3 Å². The van der Waals surface area contributed by atoms with Crippen molar-refractivity contribution in [2.75, 3.05) is 0 Å². The summed E-state index contributed by atoms with van der Waals surface area (Å²) in [4.78, 5) is 3.59. The Kier molecular flexibility index (Phi) is 4.61. The largest absolute Gasteiger partial charge is 0.282 e. The molecule has 0 saturated heterocycles. The minimum atomic E-state index is -3.66. The van der Waals surface area contributed by atoms with Crippen LogP contribution in [-0.2, 0) is 9.84 Å². The predicted molar refractivity (Wildman–Crippen MR) is 79.7 cm³/mol. The average Bonchev–Trinajstić information content (AvgIpc) is 2.69. The molecule has 1 aromatic rings. The smallest absolute Gasteiger partial charge is 0.230 e. The van der Waals surface area contributed by atoms with Gasteiger partial charge in [0.2, 0.25) is 9.84 Å². The van der Waals surface area contributed by atoms with Crippen LogP contribution in [0.5, 0.6) is 0 Å². The van der Waals surface area contributed by atoms with Crippen molar-refractivity contribution in [3.63, 3.8) is 0 Å². The molecule has 1 aliphatic carbocycles. The number of hydrogen-bond donors (Lipinski definition) is 0. The molecule has 0 aliphatic heterocycles. The first-order valence-corrected chi connectivity index (χ1v) is 8.45. The van der Waals surface area contributed by atoms with Crippen LogP contribution in [0.1, 0.15) is 44.1 Å².